The number of H-pyrrole nitrogens is 1. The van der Waals surface area contributed by atoms with Gasteiger partial charge < -0.3 is 15.6 Å². The Morgan fingerprint density at radius 2 is 2.12 bits per heavy atom. The van der Waals surface area contributed by atoms with E-state index in [1.54, 1.807) is 49.2 Å². The first-order valence-corrected chi connectivity index (χ1v) is 15.0. The summed E-state index contributed by atoms with van der Waals surface area (Å²) in [5, 5.41) is 25.9. The predicted octanol–water partition coefficient (Wildman–Crippen LogP) is 2.09. The van der Waals surface area contributed by atoms with Gasteiger partial charge in [-0.15, -0.1) is 0 Å². The number of nitro groups is 1. The summed E-state index contributed by atoms with van der Waals surface area (Å²) in [5.74, 6) is -1.07. The molecule has 216 valence electrons. The molecule has 0 saturated carbocycles. The largest absolute Gasteiger partial charge is 0.358 e. The molecule has 4 aliphatic rings. The molecule has 2 aliphatic carbocycles. The Kier molecular flexibility index (Phi) is 7.76. The standard InChI is InChI=1S/C27H31N7O6S/c1-16-23(30-17(2)25(16)27(36)28-9-11-33-12-10-29-32-33)14-21-20-13-19(7-8-22(20)31-26(21)35)41(39,40)15-18-5-3-4-6-24(18)34(37)38/h3-5,8,13-14,19,24,30H,6-7,9-12,15H2,1-2H3,(H,28,36)(H,31,35). The second-order valence-corrected chi connectivity index (χ2v) is 12.5. The number of allylic oxidation sites excluding steroid dienone is 4. The summed E-state index contributed by atoms with van der Waals surface area (Å²) in [5.41, 5.74) is 3.82. The molecule has 1 fully saturated rings. The van der Waals surface area contributed by atoms with Crippen molar-refractivity contribution in [2.45, 2.75) is 38.0 Å². The van der Waals surface area contributed by atoms with E-state index in [2.05, 4.69) is 26.0 Å². The van der Waals surface area contributed by atoms with Crippen molar-refractivity contribution in [2.75, 3.05) is 31.9 Å². The monoisotopic (exact) mass is 581 g/mol. The average molecular weight is 582 g/mol. The maximum absolute atomic E-state index is 13.4. The average Bonchev–Trinajstić information content (AvgIpc) is 3.62. The maximum Gasteiger partial charge on any atom is 0.256 e. The van der Waals surface area contributed by atoms with E-state index in [9.17, 15) is 28.1 Å². The molecule has 3 heterocycles. The molecular weight excluding hydrogens is 550 g/mol. The van der Waals surface area contributed by atoms with Crippen LogP contribution in [0.1, 0.15) is 40.2 Å². The van der Waals surface area contributed by atoms with E-state index in [0.717, 1.165) is 6.54 Å². The van der Waals surface area contributed by atoms with Crippen molar-refractivity contribution < 1.29 is 22.9 Å². The number of rotatable bonds is 9. The summed E-state index contributed by atoms with van der Waals surface area (Å²) in [6.45, 7) is 5.86. The van der Waals surface area contributed by atoms with E-state index in [1.807, 2.05) is 0 Å². The molecule has 1 saturated heterocycles. The van der Waals surface area contributed by atoms with Gasteiger partial charge in [0.2, 0.25) is 6.04 Å². The number of amides is 2. The molecule has 13 nitrogen and oxygen atoms in total. The number of fused-ring (bicyclic) bond motifs is 1. The van der Waals surface area contributed by atoms with Gasteiger partial charge >= 0.3 is 0 Å². The second kappa shape index (κ2) is 11.3. The van der Waals surface area contributed by atoms with Crippen LogP contribution in [0.4, 0.5) is 0 Å². The Balaban J connectivity index is 1.36. The van der Waals surface area contributed by atoms with E-state index < -0.39 is 31.8 Å². The van der Waals surface area contributed by atoms with Crippen LogP contribution in [-0.4, -0.2) is 78.4 Å². The summed E-state index contributed by atoms with van der Waals surface area (Å²) < 4.78 is 26.7. The highest BCUT2D eigenvalue weighted by Crippen LogP contribution is 2.34. The van der Waals surface area contributed by atoms with Gasteiger partial charge in [-0.05, 0) is 31.9 Å². The van der Waals surface area contributed by atoms with Gasteiger partial charge in [0.05, 0.1) is 41.8 Å². The molecule has 41 heavy (non-hydrogen) atoms. The van der Waals surface area contributed by atoms with Crippen LogP contribution in [0.15, 0.2) is 63.1 Å². The quantitative estimate of drug-likeness (QED) is 0.227. The van der Waals surface area contributed by atoms with Crippen LogP contribution >= 0.6 is 0 Å². The minimum absolute atomic E-state index is 0.144. The molecule has 2 atom stereocenters. The Morgan fingerprint density at radius 1 is 1.32 bits per heavy atom. The van der Waals surface area contributed by atoms with E-state index in [1.165, 1.54) is 6.08 Å². The number of sulfone groups is 1. The van der Waals surface area contributed by atoms with Crippen molar-refractivity contribution in [3.05, 3.63) is 85.4 Å². The Bertz CT molecular complexity index is 1590. The van der Waals surface area contributed by atoms with Gasteiger partial charge in [0.1, 0.15) is 0 Å². The molecule has 0 aromatic carbocycles. The normalized spacial score (nSPS) is 22.8. The molecule has 0 radical (unpaired) electrons. The summed E-state index contributed by atoms with van der Waals surface area (Å²) in [6.07, 6.45) is 9.91. The van der Waals surface area contributed by atoms with Crippen LogP contribution in [-0.2, 0) is 14.6 Å². The topological polar surface area (TPSA) is 179 Å². The lowest BCUT2D eigenvalue weighted by Crippen LogP contribution is -2.32. The van der Waals surface area contributed by atoms with E-state index in [0.29, 0.717) is 53.4 Å². The van der Waals surface area contributed by atoms with Crippen LogP contribution in [0, 0.1) is 24.0 Å². The second-order valence-electron chi connectivity index (χ2n) is 10.3. The number of aryl methyl sites for hydroxylation is 1. The highest BCUT2D eigenvalue weighted by Gasteiger charge is 2.37. The number of aromatic amines is 1. The zero-order valence-corrected chi connectivity index (χ0v) is 23.5. The fourth-order valence-corrected chi connectivity index (χ4v) is 7.10. The minimum atomic E-state index is -3.81. The Hall–Kier alpha value is -4.33. The first kappa shape index (κ1) is 28.2. The molecule has 1 aromatic heterocycles. The third kappa shape index (κ3) is 5.78. The van der Waals surface area contributed by atoms with Gasteiger partial charge in [-0.3, -0.25) is 24.7 Å². The van der Waals surface area contributed by atoms with Crippen molar-refractivity contribution in [3.63, 3.8) is 0 Å². The van der Waals surface area contributed by atoms with Crippen molar-refractivity contribution in [1.82, 2.24) is 20.6 Å². The number of carbonyl (C=O) groups is 2. The fourth-order valence-electron chi connectivity index (χ4n) is 5.40. The number of nitrogens with zero attached hydrogens (tertiary/aromatic N) is 4. The molecule has 2 amide bonds. The number of aromatic nitrogens is 1. The van der Waals surface area contributed by atoms with Gasteiger partial charge in [-0.2, -0.15) is 5.11 Å². The predicted molar refractivity (Wildman–Crippen MR) is 151 cm³/mol. The number of hydrogen-bond donors (Lipinski definition) is 3. The van der Waals surface area contributed by atoms with Crippen LogP contribution in [0.25, 0.3) is 6.08 Å². The highest BCUT2D eigenvalue weighted by molar-refractivity contribution is 7.92. The molecule has 0 bridgehead atoms. The van der Waals surface area contributed by atoms with Crippen molar-refractivity contribution in [2.24, 2.45) is 10.3 Å². The summed E-state index contributed by atoms with van der Waals surface area (Å²) in [6, 6.07) is -1.07. The lowest BCUT2D eigenvalue weighted by molar-refractivity contribution is -0.511. The molecule has 2 aliphatic heterocycles. The molecule has 3 N–H and O–H groups in total. The Morgan fingerprint density at radius 3 is 2.85 bits per heavy atom. The van der Waals surface area contributed by atoms with Crippen molar-refractivity contribution in [1.29, 1.82) is 0 Å². The smallest absolute Gasteiger partial charge is 0.256 e. The van der Waals surface area contributed by atoms with E-state index in [4.69, 9.17) is 0 Å². The molecule has 5 rings (SSSR count). The molecule has 2 unspecified atom stereocenters. The first-order chi connectivity index (χ1) is 19.5. The van der Waals surface area contributed by atoms with Gasteiger partial charge in [0.15, 0.2) is 9.84 Å². The maximum atomic E-state index is 13.4. The summed E-state index contributed by atoms with van der Waals surface area (Å²) in [4.78, 5) is 40.0. The molecule has 1 aromatic rings. The molecule has 14 heteroatoms. The summed E-state index contributed by atoms with van der Waals surface area (Å²) >= 11 is 0. The molecular formula is C27H31N7O6S. The van der Waals surface area contributed by atoms with Gasteiger partial charge in [-0.1, -0.05) is 35.6 Å². The van der Waals surface area contributed by atoms with Crippen LogP contribution in [0.3, 0.4) is 0 Å². The van der Waals surface area contributed by atoms with Crippen LogP contribution in [0.5, 0.6) is 0 Å². The zero-order valence-electron chi connectivity index (χ0n) is 22.7. The van der Waals surface area contributed by atoms with Gasteiger partial charge in [0, 0.05) is 46.1 Å². The van der Waals surface area contributed by atoms with Gasteiger partial charge in [-0.25, -0.2) is 8.42 Å². The minimum Gasteiger partial charge on any atom is -0.358 e. The number of carbonyl (C=O) groups excluding carboxylic acids is 2. The first-order valence-electron chi connectivity index (χ1n) is 13.3. The van der Waals surface area contributed by atoms with Gasteiger partial charge in [0.25, 0.3) is 11.8 Å². The third-order valence-corrected chi connectivity index (χ3v) is 9.58. The lowest BCUT2D eigenvalue weighted by Gasteiger charge is -2.20. The van der Waals surface area contributed by atoms with Crippen molar-refractivity contribution in [3.8, 4) is 0 Å². The number of hydrogen-bond acceptors (Lipinski definition) is 9. The highest BCUT2D eigenvalue weighted by atomic mass is 32.2. The third-order valence-electron chi connectivity index (χ3n) is 7.59. The molecule has 0 spiro atoms. The van der Waals surface area contributed by atoms with E-state index in [-0.39, 0.29) is 35.8 Å². The van der Waals surface area contributed by atoms with Crippen molar-refractivity contribution >= 4 is 27.7 Å². The zero-order chi connectivity index (χ0) is 29.3. The van der Waals surface area contributed by atoms with Crippen LogP contribution in [0.2, 0.25) is 0 Å². The van der Waals surface area contributed by atoms with E-state index >= 15 is 0 Å². The summed E-state index contributed by atoms with van der Waals surface area (Å²) in [7, 11) is -3.81. The lowest BCUT2D eigenvalue weighted by atomic mass is 9.98. The van der Waals surface area contributed by atoms with Crippen LogP contribution < -0.4 is 10.6 Å². The fraction of sp³-hybridized carbons (Fsp3) is 0.407. The SMILES string of the molecule is Cc1[nH]c(C=C2C(=O)NC3=CCC(S(=O)(=O)CC4=CC=CCC4[N+](=O)[O-])C=C32)c(C)c1C(=O)NCCN1CCN=N1. The Labute approximate surface area is 236 Å². The number of nitrogens with one attached hydrogen (secondary N) is 3.